The minimum absolute atomic E-state index is 0.0742. The molecular formula is C18H16FN3O2S2. The number of Topliss-reactive ketones (excluding diaryl/α,β-unsaturated/α-hetero) is 1. The lowest BCUT2D eigenvalue weighted by atomic mass is 10.1. The summed E-state index contributed by atoms with van der Waals surface area (Å²) in [6.45, 7) is 1.80. The Balaban J connectivity index is 1.61. The van der Waals surface area contributed by atoms with Gasteiger partial charge in [-0.3, -0.25) is 4.79 Å². The fraction of sp³-hybridized carbons (Fsp3) is 0.167. The molecule has 0 aliphatic carbocycles. The number of anilines is 2. The highest BCUT2D eigenvalue weighted by atomic mass is 32.2. The largest absolute Gasteiger partial charge is 0.497 e. The molecule has 0 aliphatic heterocycles. The minimum Gasteiger partial charge on any atom is -0.497 e. The molecule has 134 valence electrons. The van der Waals surface area contributed by atoms with Crippen LogP contribution >= 0.6 is 23.1 Å². The van der Waals surface area contributed by atoms with Crippen molar-refractivity contribution in [2.24, 2.45) is 0 Å². The Labute approximate surface area is 158 Å². The number of benzene rings is 2. The third-order valence-corrected chi connectivity index (χ3v) is 5.55. The highest BCUT2D eigenvalue weighted by Crippen LogP contribution is 2.31. The maximum atomic E-state index is 13.0. The lowest BCUT2D eigenvalue weighted by Crippen LogP contribution is -2.13. The van der Waals surface area contributed by atoms with Crippen LogP contribution in [-0.2, 0) is 0 Å². The standard InChI is InChI=1S/C18H16FN3O2S2/c1-11(16(23)12-3-5-13(19)6-4-12)25-18-22-21-17(26-18)20-14-7-9-15(24-2)10-8-14/h3-11H,1-2H3,(H,20,21). The van der Waals surface area contributed by atoms with Gasteiger partial charge in [-0.25, -0.2) is 4.39 Å². The van der Waals surface area contributed by atoms with Gasteiger partial charge in [-0.15, -0.1) is 10.2 Å². The van der Waals surface area contributed by atoms with Crippen molar-refractivity contribution in [2.45, 2.75) is 16.5 Å². The summed E-state index contributed by atoms with van der Waals surface area (Å²) in [6.07, 6.45) is 0. The molecular weight excluding hydrogens is 373 g/mol. The minimum atomic E-state index is -0.361. The van der Waals surface area contributed by atoms with Crippen LogP contribution in [-0.4, -0.2) is 28.3 Å². The topological polar surface area (TPSA) is 64.1 Å². The number of ether oxygens (including phenoxy) is 1. The molecule has 1 unspecified atom stereocenters. The van der Waals surface area contributed by atoms with Gasteiger partial charge in [0.05, 0.1) is 12.4 Å². The molecule has 1 heterocycles. The molecule has 0 aliphatic rings. The number of aromatic nitrogens is 2. The van der Waals surface area contributed by atoms with Gasteiger partial charge >= 0.3 is 0 Å². The molecule has 1 atom stereocenters. The zero-order valence-corrected chi connectivity index (χ0v) is 15.7. The number of ketones is 1. The summed E-state index contributed by atoms with van der Waals surface area (Å²) >= 11 is 2.70. The molecule has 0 radical (unpaired) electrons. The number of nitrogens with zero attached hydrogens (tertiary/aromatic N) is 2. The first-order valence-corrected chi connectivity index (χ1v) is 9.46. The molecule has 0 saturated carbocycles. The summed E-state index contributed by atoms with van der Waals surface area (Å²) in [5.74, 6) is 0.340. The summed E-state index contributed by atoms with van der Waals surface area (Å²) in [4.78, 5) is 12.4. The Bertz CT molecular complexity index is 882. The summed E-state index contributed by atoms with van der Waals surface area (Å²) in [5.41, 5.74) is 1.35. The van der Waals surface area contributed by atoms with Crippen LogP contribution in [0.5, 0.6) is 5.75 Å². The van der Waals surface area contributed by atoms with Crippen molar-refractivity contribution in [3.8, 4) is 5.75 Å². The molecule has 0 spiro atoms. The average molecular weight is 389 g/mol. The second kappa shape index (κ2) is 8.29. The summed E-state index contributed by atoms with van der Waals surface area (Å²) < 4.78 is 18.8. The number of carbonyl (C=O) groups is 1. The van der Waals surface area contributed by atoms with Crippen molar-refractivity contribution < 1.29 is 13.9 Å². The molecule has 8 heteroatoms. The number of hydrogen-bond donors (Lipinski definition) is 1. The van der Waals surface area contributed by atoms with Crippen molar-refractivity contribution in [3.05, 3.63) is 59.9 Å². The van der Waals surface area contributed by atoms with E-state index < -0.39 is 0 Å². The fourth-order valence-electron chi connectivity index (χ4n) is 2.16. The van der Waals surface area contributed by atoms with Crippen LogP contribution in [0.15, 0.2) is 52.9 Å². The van der Waals surface area contributed by atoms with E-state index in [-0.39, 0.29) is 16.9 Å². The van der Waals surface area contributed by atoms with E-state index in [1.165, 1.54) is 47.4 Å². The van der Waals surface area contributed by atoms with E-state index >= 15 is 0 Å². The third-order valence-electron chi connectivity index (χ3n) is 3.52. The van der Waals surface area contributed by atoms with Gasteiger partial charge in [-0.05, 0) is 55.5 Å². The quantitative estimate of drug-likeness (QED) is 0.463. The van der Waals surface area contributed by atoms with Crippen molar-refractivity contribution in [2.75, 3.05) is 12.4 Å². The van der Waals surface area contributed by atoms with E-state index in [1.807, 2.05) is 24.3 Å². The molecule has 2 aromatic carbocycles. The van der Waals surface area contributed by atoms with E-state index in [0.717, 1.165) is 11.4 Å². The maximum Gasteiger partial charge on any atom is 0.210 e. The van der Waals surface area contributed by atoms with Gasteiger partial charge in [-0.2, -0.15) is 0 Å². The van der Waals surface area contributed by atoms with Crippen LogP contribution in [0.2, 0.25) is 0 Å². The van der Waals surface area contributed by atoms with Crippen molar-refractivity contribution in [1.82, 2.24) is 10.2 Å². The van der Waals surface area contributed by atoms with Crippen molar-refractivity contribution in [1.29, 1.82) is 0 Å². The number of thioether (sulfide) groups is 1. The summed E-state index contributed by atoms with van der Waals surface area (Å²) in [6, 6.07) is 13.0. The molecule has 3 aromatic rings. The Morgan fingerprint density at radius 3 is 2.50 bits per heavy atom. The SMILES string of the molecule is COc1ccc(Nc2nnc(SC(C)C(=O)c3ccc(F)cc3)s2)cc1. The monoisotopic (exact) mass is 389 g/mol. The molecule has 0 bridgehead atoms. The van der Waals surface area contributed by atoms with Crippen LogP contribution in [0.4, 0.5) is 15.2 Å². The zero-order chi connectivity index (χ0) is 18.5. The van der Waals surface area contributed by atoms with Gasteiger partial charge in [0.1, 0.15) is 11.6 Å². The van der Waals surface area contributed by atoms with Gasteiger partial charge < -0.3 is 10.1 Å². The number of carbonyl (C=O) groups excluding carboxylic acids is 1. The number of methoxy groups -OCH3 is 1. The lowest BCUT2D eigenvalue weighted by Gasteiger charge is -2.07. The predicted octanol–water partition coefficient (Wildman–Crippen LogP) is 4.79. The average Bonchev–Trinajstić information content (AvgIpc) is 3.09. The number of halogens is 1. The Hall–Kier alpha value is -2.45. The molecule has 3 rings (SSSR count). The highest BCUT2D eigenvalue weighted by molar-refractivity contribution is 8.02. The molecule has 0 amide bonds. The van der Waals surface area contributed by atoms with Gasteiger partial charge in [0.2, 0.25) is 5.13 Å². The van der Waals surface area contributed by atoms with Gasteiger partial charge in [-0.1, -0.05) is 23.1 Å². The number of nitrogens with one attached hydrogen (secondary N) is 1. The molecule has 1 N–H and O–H groups in total. The Morgan fingerprint density at radius 2 is 1.85 bits per heavy atom. The van der Waals surface area contributed by atoms with Crippen LogP contribution < -0.4 is 10.1 Å². The van der Waals surface area contributed by atoms with Crippen LogP contribution in [0.25, 0.3) is 0 Å². The van der Waals surface area contributed by atoms with Gasteiger partial charge in [0.25, 0.3) is 0 Å². The van der Waals surface area contributed by atoms with E-state index in [0.29, 0.717) is 15.0 Å². The van der Waals surface area contributed by atoms with Gasteiger partial charge in [0.15, 0.2) is 10.1 Å². The zero-order valence-electron chi connectivity index (χ0n) is 14.1. The second-order valence-electron chi connectivity index (χ2n) is 5.36. The van der Waals surface area contributed by atoms with Crippen LogP contribution in [0.3, 0.4) is 0 Å². The van der Waals surface area contributed by atoms with Crippen LogP contribution in [0.1, 0.15) is 17.3 Å². The Morgan fingerprint density at radius 1 is 1.15 bits per heavy atom. The van der Waals surface area contributed by atoms with E-state index in [1.54, 1.807) is 14.0 Å². The highest BCUT2D eigenvalue weighted by Gasteiger charge is 2.19. The molecule has 5 nitrogen and oxygen atoms in total. The first-order chi connectivity index (χ1) is 12.5. The summed E-state index contributed by atoms with van der Waals surface area (Å²) in [5, 5.41) is 11.7. The summed E-state index contributed by atoms with van der Waals surface area (Å²) in [7, 11) is 1.62. The molecule has 0 saturated heterocycles. The first kappa shape index (κ1) is 18.3. The fourth-order valence-corrected chi connectivity index (χ4v) is 4.15. The predicted molar refractivity (Wildman–Crippen MR) is 102 cm³/mol. The normalized spacial score (nSPS) is 11.8. The molecule has 26 heavy (non-hydrogen) atoms. The first-order valence-electron chi connectivity index (χ1n) is 7.76. The second-order valence-corrected chi connectivity index (χ2v) is 7.92. The Kier molecular flexibility index (Phi) is 5.85. The van der Waals surface area contributed by atoms with E-state index in [4.69, 9.17) is 4.74 Å². The van der Waals surface area contributed by atoms with E-state index in [2.05, 4.69) is 15.5 Å². The third kappa shape index (κ3) is 4.59. The van der Waals surface area contributed by atoms with Crippen molar-refractivity contribution in [3.63, 3.8) is 0 Å². The maximum absolute atomic E-state index is 13.0. The van der Waals surface area contributed by atoms with Crippen LogP contribution in [0, 0.1) is 5.82 Å². The number of hydrogen-bond acceptors (Lipinski definition) is 7. The van der Waals surface area contributed by atoms with Crippen molar-refractivity contribution >= 4 is 39.7 Å². The number of rotatable bonds is 7. The molecule has 1 aromatic heterocycles. The van der Waals surface area contributed by atoms with E-state index in [9.17, 15) is 9.18 Å². The molecule has 0 fully saturated rings. The van der Waals surface area contributed by atoms with Gasteiger partial charge in [0, 0.05) is 11.3 Å². The smallest absolute Gasteiger partial charge is 0.210 e. The lowest BCUT2D eigenvalue weighted by molar-refractivity contribution is 0.0994.